The van der Waals surface area contributed by atoms with E-state index in [9.17, 15) is 4.79 Å². The molecule has 0 bridgehead atoms. The summed E-state index contributed by atoms with van der Waals surface area (Å²) in [6.07, 6.45) is 3.24. The molecule has 0 saturated heterocycles. The quantitative estimate of drug-likeness (QED) is 0.807. The molecule has 22 heavy (non-hydrogen) atoms. The van der Waals surface area contributed by atoms with Crippen molar-refractivity contribution in [3.8, 4) is 5.82 Å². The summed E-state index contributed by atoms with van der Waals surface area (Å²) in [5.41, 5.74) is 2.18. The van der Waals surface area contributed by atoms with Crippen molar-refractivity contribution in [3.63, 3.8) is 0 Å². The smallest absolute Gasteiger partial charge is 0.260 e. The molecule has 3 aromatic rings. The SMILES string of the molecule is Cc1nc(NC(=O)c2cnn(-c3ccccn3)c2C)sc1C. The van der Waals surface area contributed by atoms with Gasteiger partial charge in [0.05, 0.1) is 23.1 Å². The molecule has 0 atom stereocenters. The maximum absolute atomic E-state index is 12.4. The average Bonchev–Trinajstić information content (AvgIpc) is 3.03. The van der Waals surface area contributed by atoms with Crippen molar-refractivity contribution in [1.82, 2.24) is 19.7 Å². The normalized spacial score (nSPS) is 10.7. The number of aromatic nitrogens is 4. The Morgan fingerprint density at radius 1 is 1.27 bits per heavy atom. The molecule has 0 radical (unpaired) electrons. The number of pyridine rings is 1. The van der Waals surface area contributed by atoms with Crippen LogP contribution in [0.4, 0.5) is 5.13 Å². The van der Waals surface area contributed by atoms with Crippen LogP contribution in [-0.4, -0.2) is 25.7 Å². The highest BCUT2D eigenvalue weighted by Gasteiger charge is 2.17. The summed E-state index contributed by atoms with van der Waals surface area (Å²) in [5.74, 6) is 0.466. The highest BCUT2D eigenvalue weighted by Crippen LogP contribution is 2.22. The Kier molecular flexibility index (Phi) is 3.72. The lowest BCUT2D eigenvalue weighted by Crippen LogP contribution is -2.13. The Morgan fingerprint density at radius 2 is 2.09 bits per heavy atom. The molecule has 112 valence electrons. The number of hydrogen-bond acceptors (Lipinski definition) is 5. The Labute approximate surface area is 131 Å². The molecule has 0 unspecified atom stereocenters. The zero-order valence-corrected chi connectivity index (χ0v) is 13.3. The van der Waals surface area contributed by atoms with Gasteiger partial charge in [-0.25, -0.2) is 14.6 Å². The molecule has 3 rings (SSSR count). The van der Waals surface area contributed by atoms with Crippen molar-refractivity contribution in [2.24, 2.45) is 0 Å². The lowest BCUT2D eigenvalue weighted by Gasteiger charge is -2.04. The summed E-state index contributed by atoms with van der Waals surface area (Å²) in [4.78, 5) is 22.0. The van der Waals surface area contributed by atoms with Crippen molar-refractivity contribution >= 4 is 22.4 Å². The predicted molar refractivity (Wildman–Crippen MR) is 85.6 cm³/mol. The van der Waals surface area contributed by atoms with Crippen LogP contribution in [0.15, 0.2) is 30.6 Å². The fraction of sp³-hybridized carbons (Fsp3) is 0.200. The maximum Gasteiger partial charge on any atom is 0.260 e. The fourth-order valence-electron chi connectivity index (χ4n) is 2.03. The Balaban J connectivity index is 1.86. The first-order chi connectivity index (χ1) is 10.6. The first-order valence-electron chi connectivity index (χ1n) is 6.77. The fourth-order valence-corrected chi connectivity index (χ4v) is 2.84. The van der Waals surface area contributed by atoms with E-state index in [0.29, 0.717) is 16.5 Å². The van der Waals surface area contributed by atoms with Crippen LogP contribution in [0, 0.1) is 20.8 Å². The van der Waals surface area contributed by atoms with E-state index in [1.165, 1.54) is 11.3 Å². The van der Waals surface area contributed by atoms with Crippen LogP contribution in [0.5, 0.6) is 0 Å². The largest absolute Gasteiger partial charge is 0.298 e. The predicted octanol–water partition coefficient (Wildman–Crippen LogP) is 2.90. The highest BCUT2D eigenvalue weighted by molar-refractivity contribution is 7.15. The number of anilines is 1. The summed E-state index contributed by atoms with van der Waals surface area (Å²) in [6.45, 7) is 5.74. The van der Waals surface area contributed by atoms with Gasteiger partial charge in [0, 0.05) is 11.1 Å². The van der Waals surface area contributed by atoms with Gasteiger partial charge < -0.3 is 0 Å². The molecule has 1 amide bonds. The molecule has 0 aliphatic heterocycles. The summed E-state index contributed by atoms with van der Waals surface area (Å²) in [6, 6.07) is 5.56. The Bertz CT molecular complexity index is 802. The lowest BCUT2D eigenvalue weighted by atomic mass is 10.2. The molecule has 3 heterocycles. The zero-order chi connectivity index (χ0) is 15.7. The van der Waals surface area contributed by atoms with Crippen LogP contribution in [0.3, 0.4) is 0 Å². The van der Waals surface area contributed by atoms with E-state index < -0.39 is 0 Å². The number of nitrogens with zero attached hydrogens (tertiary/aromatic N) is 4. The minimum absolute atomic E-state index is 0.214. The van der Waals surface area contributed by atoms with E-state index in [-0.39, 0.29) is 5.91 Å². The first kappa shape index (κ1) is 14.4. The monoisotopic (exact) mass is 313 g/mol. The molecule has 1 N–H and O–H groups in total. The van der Waals surface area contributed by atoms with Crippen molar-refractivity contribution < 1.29 is 4.79 Å². The van der Waals surface area contributed by atoms with Gasteiger partial charge >= 0.3 is 0 Å². The minimum atomic E-state index is -0.214. The van der Waals surface area contributed by atoms with Gasteiger partial charge in [0.1, 0.15) is 0 Å². The topological polar surface area (TPSA) is 72.7 Å². The lowest BCUT2D eigenvalue weighted by molar-refractivity contribution is 0.102. The number of carbonyl (C=O) groups is 1. The van der Waals surface area contributed by atoms with Crippen molar-refractivity contribution in [2.75, 3.05) is 5.32 Å². The molecule has 0 saturated carbocycles. The number of rotatable bonds is 3. The minimum Gasteiger partial charge on any atom is -0.298 e. The van der Waals surface area contributed by atoms with Gasteiger partial charge in [-0.2, -0.15) is 5.10 Å². The molecule has 3 aromatic heterocycles. The van der Waals surface area contributed by atoms with Crippen LogP contribution in [0.25, 0.3) is 5.82 Å². The molecular formula is C15H15N5OS. The Hall–Kier alpha value is -2.54. The van der Waals surface area contributed by atoms with Gasteiger partial charge in [-0.1, -0.05) is 6.07 Å². The average molecular weight is 313 g/mol. The van der Waals surface area contributed by atoms with Crippen molar-refractivity contribution in [1.29, 1.82) is 0 Å². The van der Waals surface area contributed by atoms with E-state index in [1.54, 1.807) is 17.1 Å². The number of aryl methyl sites for hydroxylation is 2. The van der Waals surface area contributed by atoms with E-state index >= 15 is 0 Å². The summed E-state index contributed by atoms with van der Waals surface area (Å²) < 4.78 is 1.65. The van der Waals surface area contributed by atoms with Gasteiger partial charge in [-0.05, 0) is 32.9 Å². The molecular weight excluding hydrogens is 298 g/mol. The van der Waals surface area contributed by atoms with E-state index in [1.807, 2.05) is 39.0 Å². The van der Waals surface area contributed by atoms with Gasteiger partial charge in [-0.15, -0.1) is 11.3 Å². The number of carbonyl (C=O) groups excluding carboxylic acids is 1. The van der Waals surface area contributed by atoms with Crippen molar-refractivity contribution in [2.45, 2.75) is 20.8 Å². The molecule has 6 nitrogen and oxygen atoms in total. The molecule has 0 aromatic carbocycles. The third-order valence-corrected chi connectivity index (χ3v) is 4.36. The van der Waals surface area contributed by atoms with Gasteiger partial charge in [0.15, 0.2) is 10.9 Å². The first-order valence-corrected chi connectivity index (χ1v) is 7.59. The molecule has 0 aliphatic carbocycles. The Morgan fingerprint density at radius 3 is 2.73 bits per heavy atom. The number of thiazole rings is 1. The second-order valence-corrected chi connectivity index (χ2v) is 6.06. The van der Waals surface area contributed by atoms with Crippen LogP contribution in [-0.2, 0) is 0 Å². The molecule has 7 heteroatoms. The number of amides is 1. The van der Waals surface area contributed by atoms with Crippen LogP contribution in [0.2, 0.25) is 0 Å². The van der Waals surface area contributed by atoms with Crippen LogP contribution >= 0.6 is 11.3 Å². The molecule has 0 spiro atoms. The summed E-state index contributed by atoms with van der Waals surface area (Å²) >= 11 is 1.46. The standard InChI is InChI=1S/C15H15N5OS/c1-9-11(3)22-15(18-9)19-14(21)12-8-17-20(10(12)2)13-6-4-5-7-16-13/h4-8H,1-3H3,(H,18,19,21). The summed E-state index contributed by atoms with van der Waals surface area (Å²) in [5, 5.41) is 7.67. The van der Waals surface area contributed by atoms with E-state index in [4.69, 9.17) is 0 Å². The number of nitrogens with one attached hydrogen (secondary N) is 1. The highest BCUT2D eigenvalue weighted by atomic mass is 32.1. The number of hydrogen-bond donors (Lipinski definition) is 1. The maximum atomic E-state index is 12.4. The third-order valence-electron chi connectivity index (χ3n) is 3.37. The molecule has 0 aliphatic rings. The second kappa shape index (κ2) is 5.69. The van der Waals surface area contributed by atoms with Gasteiger partial charge in [0.25, 0.3) is 5.91 Å². The third kappa shape index (κ3) is 2.62. The van der Waals surface area contributed by atoms with E-state index in [2.05, 4.69) is 20.4 Å². The van der Waals surface area contributed by atoms with E-state index in [0.717, 1.165) is 16.3 Å². The zero-order valence-electron chi connectivity index (χ0n) is 12.5. The summed E-state index contributed by atoms with van der Waals surface area (Å²) in [7, 11) is 0. The van der Waals surface area contributed by atoms with Crippen LogP contribution < -0.4 is 5.32 Å². The van der Waals surface area contributed by atoms with Crippen LogP contribution in [0.1, 0.15) is 26.6 Å². The second-order valence-electron chi connectivity index (χ2n) is 4.86. The van der Waals surface area contributed by atoms with Gasteiger partial charge in [0.2, 0.25) is 0 Å². The molecule has 0 fully saturated rings. The van der Waals surface area contributed by atoms with Crippen molar-refractivity contribution in [3.05, 3.63) is 52.4 Å². The van der Waals surface area contributed by atoms with Gasteiger partial charge in [-0.3, -0.25) is 10.1 Å².